The van der Waals surface area contributed by atoms with E-state index < -0.39 is 24.6 Å². The molecule has 2 aromatic rings. The first kappa shape index (κ1) is 20.2. The Morgan fingerprint density at radius 1 is 1.32 bits per heavy atom. The van der Waals surface area contributed by atoms with E-state index in [2.05, 4.69) is 5.32 Å². The summed E-state index contributed by atoms with van der Waals surface area (Å²) < 4.78 is 36.5. The lowest BCUT2D eigenvalue weighted by molar-refractivity contribution is 0.0344. The Morgan fingerprint density at radius 2 is 1.96 bits per heavy atom. The molecule has 7 nitrogen and oxygen atoms in total. The highest BCUT2D eigenvalue weighted by molar-refractivity contribution is 6.64. The van der Waals surface area contributed by atoms with Crippen molar-refractivity contribution in [1.29, 1.82) is 5.26 Å². The second-order valence-corrected chi connectivity index (χ2v) is 8.50. The number of carbonyl (C=O) groups excluding carboxylic acids is 1. The molecule has 148 valence electrons. The third-order valence-corrected chi connectivity index (χ3v) is 4.05. The maximum Gasteiger partial charge on any atom is 0.494 e. The number of nitrogens with zero attached hydrogens (tertiary/aromatic N) is 1. The zero-order valence-electron chi connectivity index (χ0n) is 16.5. The zero-order valence-corrected chi connectivity index (χ0v) is 16.5. The first-order chi connectivity index (χ1) is 13.0. The van der Waals surface area contributed by atoms with Crippen LogP contribution in [0.15, 0.2) is 16.5 Å². The van der Waals surface area contributed by atoms with Gasteiger partial charge in [0.15, 0.2) is 11.4 Å². The van der Waals surface area contributed by atoms with Crippen LogP contribution in [0.2, 0.25) is 0 Å². The molecule has 1 aliphatic heterocycles. The predicted molar refractivity (Wildman–Crippen MR) is 102 cm³/mol. The lowest BCUT2D eigenvalue weighted by Crippen LogP contribution is -2.47. The molecule has 1 amide bonds. The van der Waals surface area contributed by atoms with Crippen LogP contribution < -0.4 is 10.8 Å². The second kappa shape index (κ2) is 7.11. The number of halogens is 1. The van der Waals surface area contributed by atoms with Gasteiger partial charge in [-0.15, -0.1) is 0 Å². The first-order valence-electron chi connectivity index (χ1n) is 8.89. The van der Waals surface area contributed by atoms with Crippen molar-refractivity contribution in [2.45, 2.75) is 40.2 Å². The summed E-state index contributed by atoms with van der Waals surface area (Å²) in [6.45, 7) is 10.0. The zero-order chi connectivity index (χ0) is 20.7. The minimum absolute atomic E-state index is 0.0209. The van der Waals surface area contributed by atoms with E-state index >= 15 is 0 Å². The summed E-state index contributed by atoms with van der Waals surface area (Å²) in [5.41, 5.74) is -0.599. The Kier molecular flexibility index (Phi) is 5.13. The molecular weight excluding hydrogens is 366 g/mol. The van der Waals surface area contributed by atoms with Gasteiger partial charge < -0.3 is 18.5 Å². The number of hydrogen-bond donors (Lipinski definition) is 1. The Hall–Kier alpha value is -2.57. The lowest BCUT2D eigenvalue weighted by atomic mass is 9.73. The number of ether oxygens (including phenoxy) is 1. The number of anilines is 1. The average molecular weight is 388 g/mol. The highest BCUT2D eigenvalue weighted by Gasteiger charge is 2.36. The van der Waals surface area contributed by atoms with E-state index in [-0.39, 0.29) is 27.8 Å². The Bertz CT molecular complexity index is 948. The van der Waals surface area contributed by atoms with Crippen LogP contribution in [-0.2, 0) is 14.0 Å². The smallest absolute Gasteiger partial charge is 0.444 e. The number of furan rings is 1. The number of nitrogens with one attached hydrogen (secondary N) is 1. The minimum atomic E-state index is -0.808. The maximum atomic E-state index is 14.4. The fourth-order valence-corrected chi connectivity index (χ4v) is 2.86. The van der Waals surface area contributed by atoms with Gasteiger partial charge in [-0.05, 0) is 32.3 Å². The lowest BCUT2D eigenvalue weighted by Gasteiger charge is -2.33. The summed E-state index contributed by atoms with van der Waals surface area (Å²) in [5, 5.41) is 12.2. The number of carbonyl (C=O) groups is 1. The van der Waals surface area contributed by atoms with E-state index in [0.29, 0.717) is 18.7 Å². The number of benzene rings is 1. The summed E-state index contributed by atoms with van der Waals surface area (Å²) in [4.78, 5) is 12.1. The predicted octanol–water partition coefficient (Wildman–Crippen LogP) is 3.56. The molecule has 1 N–H and O–H groups in total. The van der Waals surface area contributed by atoms with Crippen molar-refractivity contribution in [2.24, 2.45) is 5.41 Å². The van der Waals surface area contributed by atoms with Crippen LogP contribution >= 0.6 is 0 Å². The molecule has 0 spiro atoms. The van der Waals surface area contributed by atoms with Crippen LogP contribution in [0.25, 0.3) is 11.0 Å². The maximum absolute atomic E-state index is 14.4. The van der Waals surface area contributed by atoms with Gasteiger partial charge in [0.2, 0.25) is 5.88 Å². The van der Waals surface area contributed by atoms with E-state index in [1.165, 1.54) is 12.1 Å². The van der Waals surface area contributed by atoms with E-state index in [4.69, 9.17) is 18.5 Å². The number of amides is 1. The number of nitriles is 1. The topological polar surface area (TPSA) is 93.7 Å². The van der Waals surface area contributed by atoms with Gasteiger partial charge in [-0.1, -0.05) is 19.9 Å². The van der Waals surface area contributed by atoms with Gasteiger partial charge in [-0.2, -0.15) is 5.26 Å². The van der Waals surface area contributed by atoms with Crippen molar-refractivity contribution >= 4 is 35.5 Å². The third-order valence-electron chi connectivity index (χ3n) is 4.05. The monoisotopic (exact) mass is 388 g/mol. The molecule has 0 atom stereocenters. The number of rotatable bonds is 2. The van der Waals surface area contributed by atoms with Gasteiger partial charge in [0.1, 0.15) is 17.2 Å². The van der Waals surface area contributed by atoms with E-state index in [9.17, 15) is 14.4 Å². The van der Waals surface area contributed by atoms with Crippen LogP contribution in [0.3, 0.4) is 0 Å². The molecule has 1 aromatic heterocycles. The van der Waals surface area contributed by atoms with Crippen molar-refractivity contribution in [1.82, 2.24) is 0 Å². The van der Waals surface area contributed by atoms with Gasteiger partial charge >= 0.3 is 13.2 Å². The molecule has 1 saturated heterocycles. The molecule has 0 bridgehead atoms. The van der Waals surface area contributed by atoms with Gasteiger partial charge in [-0.25, -0.2) is 9.18 Å². The molecule has 2 heterocycles. The molecule has 1 aromatic carbocycles. The molecule has 9 heteroatoms. The number of hydrogen-bond acceptors (Lipinski definition) is 6. The SMILES string of the molecule is CC1(C)COB(c2ccc(F)c3oc(NC(=O)OC(C)(C)C)c(C#N)c23)OC1. The molecule has 28 heavy (non-hydrogen) atoms. The molecule has 0 saturated carbocycles. The summed E-state index contributed by atoms with van der Waals surface area (Å²) in [7, 11) is -0.768. The molecule has 0 unspecified atom stereocenters. The average Bonchev–Trinajstić information content (AvgIpc) is 2.93. The fraction of sp³-hybridized carbons (Fsp3) is 0.474. The molecule has 0 aliphatic carbocycles. The summed E-state index contributed by atoms with van der Waals surface area (Å²) in [5.74, 6) is -0.849. The van der Waals surface area contributed by atoms with Crippen LogP contribution in [-0.4, -0.2) is 32.0 Å². The number of fused-ring (bicyclic) bond motifs is 1. The van der Waals surface area contributed by atoms with Gasteiger partial charge in [0, 0.05) is 24.0 Å². The van der Waals surface area contributed by atoms with Gasteiger partial charge in [0.25, 0.3) is 0 Å². The molecule has 1 fully saturated rings. The largest absolute Gasteiger partial charge is 0.494 e. The summed E-state index contributed by atoms with van der Waals surface area (Å²) in [6.07, 6.45) is -0.808. The van der Waals surface area contributed by atoms with Crippen molar-refractivity contribution in [3.05, 3.63) is 23.5 Å². The van der Waals surface area contributed by atoms with Crippen LogP contribution in [0, 0.1) is 22.6 Å². The quantitative estimate of drug-likeness (QED) is 0.791. The van der Waals surface area contributed by atoms with E-state index in [1.807, 2.05) is 19.9 Å². The summed E-state index contributed by atoms with van der Waals surface area (Å²) in [6, 6.07) is 4.68. The molecular formula is C19H22BFN2O5. The Balaban J connectivity index is 2.01. The first-order valence-corrected chi connectivity index (χ1v) is 8.89. The van der Waals surface area contributed by atoms with Crippen molar-refractivity contribution in [3.8, 4) is 6.07 Å². The molecule has 0 radical (unpaired) electrons. The van der Waals surface area contributed by atoms with Crippen LogP contribution in [0.1, 0.15) is 40.2 Å². The second-order valence-electron chi connectivity index (χ2n) is 8.50. The third kappa shape index (κ3) is 4.13. The Morgan fingerprint density at radius 3 is 2.54 bits per heavy atom. The van der Waals surface area contributed by atoms with Crippen molar-refractivity contribution in [2.75, 3.05) is 18.5 Å². The van der Waals surface area contributed by atoms with Gasteiger partial charge in [0.05, 0.1) is 0 Å². The standard InChI is InChI=1S/C19H22BFN2O5/c1-18(2,3)28-17(24)23-16-11(8-22)14-12(6-7-13(21)15(14)27-16)20-25-9-19(4,5)10-26-20/h6-7H,9-10H2,1-5H3,(H,23,24). The normalized spacial score (nSPS) is 16.7. The minimum Gasteiger partial charge on any atom is -0.444 e. The van der Waals surface area contributed by atoms with Crippen molar-refractivity contribution < 1.29 is 27.6 Å². The highest BCUT2D eigenvalue weighted by atomic mass is 19.1. The Labute approximate surface area is 162 Å². The fourth-order valence-electron chi connectivity index (χ4n) is 2.86. The molecule has 1 aliphatic rings. The summed E-state index contributed by atoms with van der Waals surface area (Å²) >= 11 is 0. The van der Waals surface area contributed by atoms with Crippen LogP contribution in [0.5, 0.6) is 0 Å². The molecule has 3 rings (SSSR count). The van der Waals surface area contributed by atoms with E-state index in [1.54, 1.807) is 20.8 Å². The van der Waals surface area contributed by atoms with E-state index in [0.717, 1.165) is 0 Å². The highest BCUT2D eigenvalue weighted by Crippen LogP contribution is 2.32. The van der Waals surface area contributed by atoms with Crippen LogP contribution in [0.4, 0.5) is 15.1 Å². The van der Waals surface area contributed by atoms with Gasteiger partial charge in [-0.3, -0.25) is 5.32 Å². The van der Waals surface area contributed by atoms with Crippen molar-refractivity contribution in [3.63, 3.8) is 0 Å².